The summed E-state index contributed by atoms with van der Waals surface area (Å²) in [6.07, 6.45) is 5.87. The average molecular weight is 442 g/mol. The average Bonchev–Trinajstić information content (AvgIpc) is 3.07. The number of aromatic nitrogens is 1. The number of nitrogens with zero attached hydrogens (tertiary/aromatic N) is 3. The summed E-state index contributed by atoms with van der Waals surface area (Å²) >= 11 is 0. The molecule has 0 saturated carbocycles. The number of benzene rings is 1. The summed E-state index contributed by atoms with van der Waals surface area (Å²) in [7, 11) is 5.27. The van der Waals surface area contributed by atoms with Gasteiger partial charge in [-0.1, -0.05) is 12.8 Å². The van der Waals surface area contributed by atoms with Crippen molar-refractivity contribution in [3.05, 3.63) is 50.9 Å². The van der Waals surface area contributed by atoms with Crippen molar-refractivity contribution >= 4 is 0 Å². The van der Waals surface area contributed by atoms with E-state index in [0.29, 0.717) is 12.2 Å². The lowest BCUT2D eigenvalue weighted by Crippen LogP contribution is -2.33. The first kappa shape index (κ1) is 22.7. The Morgan fingerprint density at radius 1 is 0.875 bits per heavy atom. The summed E-state index contributed by atoms with van der Waals surface area (Å²) in [5.41, 5.74) is 3.82. The SMILES string of the molecule is COc1cc2c(cc1OC)CN(Cc1c(O)c(=O)cc(CN3CCCCCC3)n1C)CC2. The zero-order chi connectivity index (χ0) is 22.7. The minimum absolute atomic E-state index is 0.134. The van der Waals surface area contributed by atoms with E-state index in [1.165, 1.54) is 36.8 Å². The highest BCUT2D eigenvalue weighted by molar-refractivity contribution is 5.48. The number of hydrogen-bond acceptors (Lipinski definition) is 6. The van der Waals surface area contributed by atoms with E-state index in [9.17, 15) is 9.90 Å². The zero-order valence-electron chi connectivity index (χ0n) is 19.5. The van der Waals surface area contributed by atoms with E-state index in [1.807, 2.05) is 17.7 Å². The Kier molecular flexibility index (Phi) is 7.06. The number of pyridine rings is 1. The minimum Gasteiger partial charge on any atom is -0.503 e. The molecule has 0 unspecified atom stereocenters. The highest BCUT2D eigenvalue weighted by atomic mass is 16.5. The molecule has 32 heavy (non-hydrogen) atoms. The lowest BCUT2D eigenvalue weighted by Gasteiger charge is -2.31. The predicted molar refractivity (Wildman–Crippen MR) is 124 cm³/mol. The molecule has 7 heteroatoms. The number of likely N-dealkylation sites (tertiary alicyclic amines) is 1. The topological polar surface area (TPSA) is 67.2 Å². The van der Waals surface area contributed by atoms with Gasteiger partial charge in [-0.15, -0.1) is 0 Å². The third-order valence-corrected chi connectivity index (χ3v) is 6.89. The Hall–Kier alpha value is -2.51. The highest BCUT2D eigenvalue weighted by Gasteiger charge is 2.23. The maximum Gasteiger partial charge on any atom is 0.223 e. The summed E-state index contributed by atoms with van der Waals surface area (Å²) in [6, 6.07) is 5.70. The predicted octanol–water partition coefficient (Wildman–Crippen LogP) is 3.04. The van der Waals surface area contributed by atoms with Crippen molar-refractivity contribution in [2.45, 2.75) is 51.7 Å². The van der Waals surface area contributed by atoms with Crippen molar-refractivity contribution in [2.24, 2.45) is 7.05 Å². The second-order valence-electron chi connectivity index (χ2n) is 8.98. The fourth-order valence-electron chi connectivity index (χ4n) is 4.94. The van der Waals surface area contributed by atoms with E-state index in [4.69, 9.17) is 9.47 Å². The summed E-state index contributed by atoms with van der Waals surface area (Å²) in [5.74, 6) is 1.34. The van der Waals surface area contributed by atoms with Crippen molar-refractivity contribution in [2.75, 3.05) is 33.9 Å². The van der Waals surface area contributed by atoms with Crippen LogP contribution in [0, 0.1) is 0 Å². The van der Waals surface area contributed by atoms with Crippen LogP contribution in [0.1, 0.15) is 48.2 Å². The highest BCUT2D eigenvalue weighted by Crippen LogP contribution is 2.33. The largest absolute Gasteiger partial charge is 0.503 e. The fraction of sp³-hybridized carbons (Fsp3) is 0.560. The molecule has 1 N–H and O–H groups in total. The Labute approximate surface area is 190 Å². The van der Waals surface area contributed by atoms with Gasteiger partial charge in [0.25, 0.3) is 0 Å². The van der Waals surface area contributed by atoms with E-state index in [-0.39, 0.29) is 11.2 Å². The van der Waals surface area contributed by atoms with Crippen molar-refractivity contribution in [1.29, 1.82) is 0 Å². The van der Waals surface area contributed by atoms with Gasteiger partial charge in [-0.25, -0.2) is 0 Å². The van der Waals surface area contributed by atoms with E-state index >= 15 is 0 Å². The zero-order valence-corrected chi connectivity index (χ0v) is 19.5. The maximum absolute atomic E-state index is 12.6. The monoisotopic (exact) mass is 441 g/mol. The molecule has 0 bridgehead atoms. The molecule has 3 heterocycles. The van der Waals surface area contributed by atoms with Gasteiger partial charge in [0.2, 0.25) is 5.43 Å². The van der Waals surface area contributed by atoms with Gasteiger partial charge in [-0.2, -0.15) is 0 Å². The summed E-state index contributed by atoms with van der Waals surface area (Å²) in [5, 5.41) is 10.6. The number of ether oxygens (including phenoxy) is 2. The Morgan fingerprint density at radius 3 is 2.19 bits per heavy atom. The first-order chi connectivity index (χ1) is 15.5. The standard InChI is InChI=1S/C25H35N3O4/c1-26-20(16-27-9-6-4-5-7-10-27)14-22(29)25(30)21(26)17-28-11-8-18-12-23(31-2)24(32-3)13-19(18)15-28/h12-14,30H,4-11,15-17H2,1-3H3. The molecule has 2 aromatic rings. The van der Waals surface area contributed by atoms with E-state index in [1.54, 1.807) is 20.3 Å². The van der Waals surface area contributed by atoms with Gasteiger partial charge in [0.05, 0.1) is 19.9 Å². The Morgan fingerprint density at radius 2 is 1.53 bits per heavy atom. The smallest absolute Gasteiger partial charge is 0.223 e. The second kappa shape index (κ2) is 9.96. The van der Waals surface area contributed by atoms with Gasteiger partial charge in [-0.05, 0) is 55.6 Å². The second-order valence-corrected chi connectivity index (χ2v) is 8.98. The van der Waals surface area contributed by atoms with E-state index in [2.05, 4.69) is 15.9 Å². The van der Waals surface area contributed by atoms with Crippen LogP contribution in [0.5, 0.6) is 17.2 Å². The van der Waals surface area contributed by atoms with Gasteiger partial charge >= 0.3 is 0 Å². The third-order valence-electron chi connectivity index (χ3n) is 6.89. The molecule has 7 nitrogen and oxygen atoms in total. The number of fused-ring (bicyclic) bond motifs is 1. The molecule has 2 aliphatic heterocycles. The quantitative estimate of drug-likeness (QED) is 0.743. The number of hydrogen-bond donors (Lipinski definition) is 1. The lowest BCUT2D eigenvalue weighted by atomic mass is 9.98. The molecule has 1 fully saturated rings. The van der Waals surface area contributed by atoms with Gasteiger partial charge in [-0.3, -0.25) is 14.6 Å². The third kappa shape index (κ3) is 4.79. The van der Waals surface area contributed by atoms with Crippen LogP contribution >= 0.6 is 0 Å². The molecule has 1 saturated heterocycles. The molecular weight excluding hydrogens is 406 g/mol. The number of aromatic hydroxyl groups is 1. The molecule has 1 aromatic heterocycles. The van der Waals surface area contributed by atoms with Crippen LogP contribution in [0.15, 0.2) is 23.0 Å². The first-order valence-corrected chi connectivity index (χ1v) is 11.6. The van der Waals surface area contributed by atoms with Crippen molar-refractivity contribution in [3.8, 4) is 17.2 Å². The summed E-state index contributed by atoms with van der Waals surface area (Å²) in [4.78, 5) is 17.3. The van der Waals surface area contributed by atoms with Crippen LogP contribution in [0.3, 0.4) is 0 Å². The molecule has 4 rings (SSSR count). The molecule has 1 aromatic carbocycles. The van der Waals surface area contributed by atoms with Gasteiger partial charge in [0.15, 0.2) is 17.2 Å². The Balaban J connectivity index is 1.55. The van der Waals surface area contributed by atoms with Crippen LogP contribution < -0.4 is 14.9 Å². The fourth-order valence-corrected chi connectivity index (χ4v) is 4.94. The van der Waals surface area contributed by atoms with E-state index in [0.717, 1.165) is 56.3 Å². The van der Waals surface area contributed by atoms with Gasteiger partial charge in [0, 0.05) is 45.0 Å². The number of rotatable bonds is 6. The molecule has 2 aliphatic rings. The van der Waals surface area contributed by atoms with Crippen LogP contribution in [0.4, 0.5) is 0 Å². The molecule has 0 radical (unpaired) electrons. The molecular formula is C25H35N3O4. The van der Waals surface area contributed by atoms with Crippen molar-refractivity contribution < 1.29 is 14.6 Å². The van der Waals surface area contributed by atoms with Crippen LogP contribution in [0.2, 0.25) is 0 Å². The Bertz CT molecular complexity index is 1010. The molecule has 0 atom stereocenters. The minimum atomic E-state index is -0.285. The van der Waals surface area contributed by atoms with Gasteiger partial charge < -0.3 is 19.1 Å². The lowest BCUT2D eigenvalue weighted by molar-refractivity contribution is 0.231. The molecule has 0 spiro atoms. The van der Waals surface area contributed by atoms with Crippen LogP contribution in [0.25, 0.3) is 0 Å². The normalized spacial score (nSPS) is 17.6. The first-order valence-electron chi connectivity index (χ1n) is 11.6. The van der Waals surface area contributed by atoms with Crippen LogP contribution in [-0.4, -0.2) is 53.3 Å². The van der Waals surface area contributed by atoms with Crippen molar-refractivity contribution in [1.82, 2.24) is 14.4 Å². The van der Waals surface area contributed by atoms with Gasteiger partial charge in [0.1, 0.15) is 0 Å². The summed E-state index contributed by atoms with van der Waals surface area (Å²) in [6.45, 7) is 5.00. The van der Waals surface area contributed by atoms with Crippen LogP contribution in [-0.2, 0) is 33.1 Å². The molecule has 0 aliphatic carbocycles. The number of methoxy groups -OCH3 is 2. The molecule has 174 valence electrons. The van der Waals surface area contributed by atoms with E-state index < -0.39 is 0 Å². The maximum atomic E-state index is 12.6. The summed E-state index contributed by atoms with van der Waals surface area (Å²) < 4.78 is 12.9. The molecule has 0 amide bonds. The van der Waals surface area contributed by atoms with Crippen molar-refractivity contribution in [3.63, 3.8) is 0 Å².